The van der Waals surface area contributed by atoms with Gasteiger partial charge in [0.25, 0.3) is 0 Å². The highest BCUT2D eigenvalue weighted by Crippen LogP contribution is 2.46. The quantitative estimate of drug-likeness (QED) is 0.794. The summed E-state index contributed by atoms with van der Waals surface area (Å²) in [6, 6.07) is 1.99. The molecule has 100 valence electrons. The minimum atomic E-state index is -0.188. The SMILES string of the molecule is Cl.N#CC1CCCN1C(=O)[C@@H]1CSC2(CCC2)N1. The summed E-state index contributed by atoms with van der Waals surface area (Å²) in [5.74, 6) is 1.01. The molecule has 3 aliphatic rings. The molecular formula is C12H18ClN3OS. The molecule has 0 bridgehead atoms. The molecule has 1 amide bonds. The van der Waals surface area contributed by atoms with Crippen LogP contribution in [0.15, 0.2) is 0 Å². The Labute approximate surface area is 118 Å². The summed E-state index contributed by atoms with van der Waals surface area (Å²) in [7, 11) is 0. The molecular weight excluding hydrogens is 270 g/mol. The van der Waals surface area contributed by atoms with Crippen LogP contribution < -0.4 is 5.32 Å². The Hall–Kier alpha value is -0.440. The third kappa shape index (κ3) is 2.22. The number of nitriles is 1. The van der Waals surface area contributed by atoms with Crippen LogP contribution in [0.2, 0.25) is 0 Å². The van der Waals surface area contributed by atoms with Crippen LogP contribution in [-0.2, 0) is 4.79 Å². The minimum absolute atomic E-state index is 0. The van der Waals surface area contributed by atoms with Crippen molar-refractivity contribution in [2.75, 3.05) is 12.3 Å². The van der Waals surface area contributed by atoms with Gasteiger partial charge >= 0.3 is 0 Å². The van der Waals surface area contributed by atoms with Crippen LogP contribution in [-0.4, -0.2) is 40.1 Å². The number of hydrogen-bond acceptors (Lipinski definition) is 4. The maximum Gasteiger partial charge on any atom is 0.241 e. The van der Waals surface area contributed by atoms with E-state index in [2.05, 4.69) is 11.4 Å². The summed E-state index contributed by atoms with van der Waals surface area (Å²) in [6.45, 7) is 0.757. The van der Waals surface area contributed by atoms with Gasteiger partial charge in [-0.1, -0.05) is 0 Å². The average Bonchev–Trinajstić information content (AvgIpc) is 2.93. The van der Waals surface area contributed by atoms with Crippen molar-refractivity contribution in [2.45, 2.75) is 49.1 Å². The van der Waals surface area contributed by atoms with Gasteiger partial charge < -0.3 is 4.90 Å². The molecule has 3 rings (SSSR count). The van der Waals surface area contributed by atoms with Crippen molar-refractivity contribution in [1.82, 2.24) is 10.2 Å². The minimum Gasteiger partial charge on any atom is -0.325 e. The number of amides is 1. The first-order valence-corrected chi connectivity index (χ1v) is 7.34. The summed E-state index contributed by atoms with van der Waals surface area (Å²) in [6.07, 6.45) is 5.44. The predicted octanol–water partition coefficient (Wildman–Crippen LogP) is 1.51. The zero-order valence-corrected chi connectivity index (χ0v) is 11.9. The first kappa shape index (κ1) is 14.0. The van der Waals surface area contributed by atoms with Crippen molar-refractivity contribution in [1.29, 1.82) is 5.26 Å². The topological polar surface area (TPSA) is 56.1 Å². The lowest BCUT2D eigenvalue weighted by molar-refractivity contribution is -0.133. The lowest BCUT2D eigenvalue weighted by Gasteiger charge is -2.38. The van der Waals surface area contributed by atoms with Crippen molar-refractivity contribution in [2.24, 2.45) is 0 Å². The third-order valence-corrected chi connectivity index (χ3v) is 5.69. The Morgan fingerprint density at radius 3 is 2.78 bits per heavy atom. The van der Waals surface area contributed by atoms with Gasteiger partial charge in [-0.15, -0.1) is 24.2 Å². The van der Waals surface area contributed by atoms with Crippen molar-refractivity contribution in [3.8, 4) is 6.07 Å². The summed E-state index contributed by atoms with van der Waals surface area (Å²) < 4.78 is 0. The molecule has 0 radical (unpaired) electrons. The van der Waals surface area contributed by atoms with E-state index in [4.69, 9.17) is 5.26 Å². The summed E-state index contributed by atoms with van der Waals surface area (Å²) in [5, 5.41) is 12.5. The number of nitrogens with zero attached hydrogens (tertiary/aromatic N) is 2. The molecule has 1 N–H and O–H groups in total. The van der Waals surface area contributed by atoms with Gasteiger partial charge in [0.2, 0.25) is 5.91 Å². The van der Waals surface area contributed by atoms with Gasteiger partial charge in [0, 0.05) is 12.3 Å². The molecule has 1 aliphatic carbocycles. The van der Waals surface area contributed by atoms with Gasteiger partial charge in [-0.25, -0.2) is 0 Å². The second-order valence-corrected chi connectivity index (χ2v) is 6.58. The molecule has 1 spiro atoms. The first-order chi connectivity index (χ1) is 8.24. The van der Waals surface area contributed by atoms with Crippen molar-refractivity contribution >= 4 is 30.1 Å². The van der Waals surface area contributed by atoms with Crippen molar-refractivity contribution in [3.05, 3.63) is 0 Å². The van der Waals surface area contributed by atoms with Gasteiger partial charge in [-0.05, 0) is 32.1 Å². The van der Waals surface area contributed by atoms with Crippen LogP contribution in [0.3, 0.4) is 0 Å². The normalized spacial score (nSPS) is 32.7. The number of carbonyl (C=O) groups is 1. The van der Waals surface area contributed by atoms with Crippen LogP contribution in [0.1, 0.15) is 32.1 Å². The van der Waals surface area contributed by atoms with Gasteiger partial charge in [-0.3, -0.25) is 10.1 Å². The van der Waals surface area contributed by atoms with Crippen LogP contribution in [0.4, 0.5) is 0 Å². The van der Waals surface area contributed by atoms with Crippen LogP contribution in [0.5, 0.6) is 0 Å². The summed E-state index contributed by atoms with van der Waals surface area (Å²) in [4.78, 5) is 14.3. The number of halogens is 1. The average molecular weight is 288 g/mol. The Morgan fingerprint density at radius 2 is 2.22 bits per heavy atom. The molecule has 4 nitrogen and oxygen atoms in total. The van der Waals surface area contributed by atoms with E-state index in [-0.39, 0.29) is 35.3 Å². The van der Waals surface area contributed by atoms with Crippen molar-refractivity contribution < 1.29 is 4.79 Å². The maximum atomic E-state index is 12.3. The monoisotopic (exact) mass is 287 g/mol. The second-order valence-electron chi connectivity index (χ2n) is 5.17. The third-order valence-electron chi connectivity index (χ3n) is 4.11. The smallest absolute Gasteiger partial charge is 0.241 e. The molecule has 3 fully saturated rings. The maximum absolute atomic E-state index is 12.3. The molecule has 0 aromatic heterocycles. The number of hydrogen-bond donors (Lipinski definition) is 1. The number of thioether (sulfide) groups is 1. The molecule has 1 saturated carbocycles. The van der Waals surface area contributed by atoms with E-state index in [0.717, 1.165) is 25.1 Å². The molecule has 2 atom stereocenters. The van der Waals surface area contributed by atoms with Gasteiger partial charge in [0.1, 0.15) is 6.04 Å². The van der Waals surface area contributed by atoms with Gasteiger partial charge in [-0.2, -0.15) is 5.26 Å². The van der Waals surface area contributed by atoms with E-state index in [0.29, 0.717) is 0 Å². The highest BCUT2D eigenvalue weighted by molar-refractivity contribution is 8.01. The fourth-order valence-corrected chi connectivity index (χ4v) is 4.44. The molecule has 1 unspecified atom stereocenters. The van der Waals surface area contributed by atoms with E-state index < -0.39 is 0 Å². The van der Waals surface area contributed by atoms with Crippen molar-refractivity contribution in [3.63, 3.8) is 0 Å². The largest absolute Gasteiger partial charge is 0.325 e. The first-order valence-electron chi connectivity index (χ1n) is 6.36. The standard InChI is InChI=1S/C12H17N3OS.ClH/c13-7-9-3-1-6-15(9)11(16)10-8-17-12(14-10)4-2-5-12;/h9-10,14H,1-6,8H2;1H/t9?,10-;/m0./s1. The zero-order chi connectivity index (χ0) is 11.9. The molecule has 2 saturated heterocycles. The Balaban J connectivity index is 0.00000120. The van der Waals surface area contributed by atoms with Crippen LogP contribution >= 0.6 is 24.2 Å². The fraction of sp³-hybridized carbons (Fsp3) is 0.833. The van der Waals surface area contributed by atoms with E-state index in [1.165, 1.54) is 19.3 Å². The molecule has 2 heterocycles. The fourth-order valence-electron chi connectivity index (χ4n) is 2.93. The predicted molar refractivity (Wildman–Crippen MR) is 73.6 cm³/mol. The summed E-state index contributed by atoms with van der Waals surface area (Å²) >= 11 is 1.89. The zero-order valence-electron chi connectivity index (χ0n) is 10.2. The number of nitrogens with one attached hydrogen (secondary N) is 1. The van der Waals surface area contributed by atoms with Gasteiger partial charge in [0.15, 0.2) is 0 Å². The number of carbonyl (C=O) groups excluding carboxylic acids is 1. The Kier molecular flexibility index (Phi) is 4.10. The lowest BCUT2D eigenvalue weighted by atomic mass is 9.91. The van der Waals surface area contributed by atoms with E-state index in [1.807, 2.05) is 11.8 Å². The molecule has 0 aromatic carbocycles. The van der Waals surface area contributed by atoms with Crippen LogP contribution in [0, 0.1) is 11.3 Å². The molecule has 6 heteroatoms. The Bertz CT molecular complexity index is 380. The highest BCUT2D eigenvalue weighted by Gasteiger charge is 2.47. The van der Waals surface area contributed by atoms with E-state index >= 15 is 0 Å². The molecule has 18 heavy (non-hydrogen) atoms. The van der Waals surface area contributed by atoms with Crippen LogP contribution in [0.25, 0.3) is 0 Å². The molecule has 2 aliphatic heterocycles. The lowest BCUT2D eigenvalue weighted by Crippen LogP contribution is -2.53. The number of likely N-dealkylation sites (tertiary alicyclic amines) is 1. The van der Waals surface area contributed by atoms with Gasteiger partial charge in [0.05, 0.1) is 17.0 Å². The second kappa shape index (κ2) is 5.28. The van der Waals surface area contributed by atoms with E-state index in [9.17, 15) is 4.79 Å². The Morgan fingerprint density at radius 1 is 1.44 bits per heavy atom. The van der Waals surface area contributed by atoms with E-state index in [1.54, 1.807) is 4.90 Å². The number of rotatable bonds is 1. The highest BCUT2D eigenvalue weighted by atomic mass is 35.5. The molecule has 0 aromatic rings. The summed E-state index contributed by atoms with van der Waals surface area (Å²) in [5.41, 5.74) is 0.